The lowest BCUT2D eigenvalue weighted by Gasteiger charge is -2.23. The quantitative estimate of drug-likeness (QED) is 0.170. The molecule has 0 saturated heterocycles. The van der Waals surface area contributed by atoms with Crippen LogP contribution >= 0.6 is 0 Å². The van der Waals surface area contributed by atoms with Crippen molar-refractivity contribution in [2.75, 3.05) is 17.7 Å². The van der Waals surface area contributed by atoms with Gasteiger partial charge < -0.3 is 20.7 Å². The number of carbonyl (C=O) groups is 2. The molecule has 9 nitrogen and oxygen atoms in total. The number of pyridine rings is 1. The van der Waals surface area contributed by atoms with Crippen LogP contribution in [0, 0.1) is 5.82 Å². The Hall–Kier alpha value is -4.09. The molecule has 204 valence electrons. The van der Waals surface area contributed by atoms with Gasteiger partial charge in [0.1, 0.15) is 18.4 Å². The summed E-state index contributed by atoms with van der Waals surface area (Å²) in [7, 11) is -1.26. The van der Waals surface area contributed by atoms with E-state index in [0.29, 0.717) is 28.8 Å². The van der Waals surface area contributed by atoms with Crippen molar-refractivity contribution in [1.29, 1.82) is 0 Å². The molecule has 3 N–H and O–H groups in total. The summed E-state index contributed by atoms with van der Waals surface area (Å²) in [5, 5.41) is 7.60. The van der Waals surface area contributed by atoms with Gasteiger partial charge in [-0.1, -0.05) is 62.1 Å². The van der Waals surface area contributed by atoms with Crippen molar-refractivity contribution in [3.63, 3.8) is 0 Å². The second kappa shape index (κ2) is 12.2. The first-order valence-corrected chi connectivity index (χ1v) is 16.4. The third kappa shape index (κ3) is 7.49. The molecule has 2 amide bonds. The maximum atomic E-state index is 13.4. The van der Waals surface area contributed by atoms with E-state index in [-0.39, 0.29) is 31.5 Å². The van der Waals surface area contributed by atoms with E-state index in [1.54, 1.807) is 23.0 Å². The molecule has 0 radical (unpaired) electrons. The van der Waals surface area contributed by atoms with Crippen LogP contribution in [0.4, 0.5) is 15.9 Å². The van der Waals surface area contributed by atoms with Crippen LogP contribution in [-0.2, 0) is 34.1 Å². The zero-order valence-corrected chi connectivity index (χ0v) is 23.4. The van der Waals surface area contributed by atoms with Crippen LogP contribution in [0.1, 0.15) is 11.1 Å². The average molecular weight is 549 g/mol. The minimum absolute atomic E-state index is 0.125. The number of aromatic nitrogens is 3. The number of halogens is 1. The average Bonchev–Trinajstić information content (AvgIpc) is 3.34. The van der Waals surface area contributed by atoms with Crippen LogP contribution < -0.4 is 11.1 Å². The lowest BCUT2D eigenvalue weighted by molar-refractivity contribution is -0.144. The van der Waals surface area contributed by atoms with Gasteiger partial charge in [0.2, 0.25) is 0 Å². The zero-order valence-electron chi connectivity index (χ0n) is 22.4. The molecule has 0 spiro atoms. The Morgan fingerprint density at radius 1 is 1.03 bits per heavy atom. The van der Waals surface area contributed by atoms with E-state index < -0.39 is 19.9 Å². The maximum Gasteiger partial charge on any atom is 0.314 e. The number of hydrogen-bond donors (Lipinski definition) is 2. The van der Waals surface area contributed by atoms with E-state index in [0.717, 1.165) is 11.6 Å². The standard InChI is InChI=1S/C28H33FN6O3Si/c1-39(2,3)14-13-38-19-35-25-23(15-32-35)26(30)31-16-24(25)33-27(36)28(37)34(17-20-7-5-4-6-8-20)18-21-9-11-22(29)12-10-21/h4-12,15-16H,13-14,17-19H2,1-3H3,(H2,30,31)(H,33,36). The lowest BCUT2D eigenvalue weighted by atomic mass is 10.1. The van der Waals surface area contributed by atoms with Crippen molar-refractivity contribution in [2.24, 2.45) is 0 Å². The van der Waals surface area contributed by atoms with Gasteiger partial charge in [0.25, 0.3) is 0 Å². The highest BCUT2D eigenvalue weighted by Gasteiger charge is 2.24. The van der Waals surface area contributed by atoms with Crippen molar-refractivity contribution in [3.05, 3.63) is 83.9 Å². The Morgan fingerprint density at radius 2 is 1.69 bits per heavy atom. The van der Waals surface area contributed by atoms with Crippen LogP contribution in [0.2, 0.25) is 25.7 Å². The Bertz CT molecular complexity index is 1440. The molecular formula is C28H33FN6O3Si. The molecule has 0 aliphatic heterocycles. The first-order chi connectivity index (χ1) is 18.6. The Morgan fingerprint density at radius 3 is 2.36 bits per heavy atom. The number of benzene rings is 2. The summed E-state index contributed by atoms with van der Waals surface area (Å²) < 4.78 is 20.9. The maximum absolute atomic E-state index is 13.4. The third-order valence-corrected chi connectivity index (χ3v) is 7.85. The molecule has 0 fully saturated rings. The minimum atomic E-state index is -1.26. The highest BCUT2D eigenvalue weighted by Crippen LogP contribution is 2.27. The summed E-state index contributed by atoms with van der Waals surface area (Å²) in [6.45, 7) is 7.90. The number of nitrogens with zero attached hydrogens (tertiary/aromatic N) is 4. The van der Waals surface area contributed by atoms with Gasteiger partial charge >= 0.3 is 11.8 Å². The molecule has 2 heterocycles. The fraction of sp³-hybridized carbons (Fsp3) is 0.286. The van der Waals surface area contributed by atoms with Crippen LogP contribution in [0.25, 0.3) is 10.9 Å². The number of rotatable bonds is 10. The number of ether oxygens (including phenoxy) is 1. The molecule has 2 aromatic heterocycles. The molecule has 0 saturated carbocycles. The van der Waals surface area contributed by atoms with E-state index >= 15 is 0 Å². The normalized spacial score (nSPS) is 11.5. The molecule has 0 unspecified atom stereocenters. The number of nitrogen functional groups attached to an aromatic ring is 1. The number of fused-ring (bicyclic) bond motifs is 1. The Balaban J connectivity index is 1.55. The third-order valence-electron chi connectivity index (χ3n) is 6.15. The van der Waals surface area contributed by atoms with Crippen molar-refractivity contribution >= 4 is 42.3 Å². The molecule has 0 atom stereocenters. The molecule has 2 aromatic carbocycles. The predicted molar refractivity (Wildman–Crippen MR) is 152 cm³/mol. The molecule has 11 heteroatoms. The summed E-state index contributed by atoms with van der Waals surface area (Å²) >= 11 is 0. The van der Waals surface area contributed by atoms with Crippen molar-refractivity contribution < 1.29 is 18.7 Å². The number of anilines is 2. The van der Waals surface area contributed by atoms with Gasteiger partial charge in [-0.05, 0) is 29.3 Å². The van der Waals surface area contributed by atoms with Crippen molar-refractivity contribution in [3.8, 4) is 0 Å². The fourth-order valence-electron chi connectivity index (χ4n) is 3.97. The smallest absolute Gasteiger partial charge is 0.314 e. The SMILES string of the molecule is C[Si](C)(C)CCOCn1ncc2c(N)ncc(NC(=O)C(=O)N(Cc3ccccc3)Cc3ccc(F)cc3)c21. The monoisotopic (exact) mass is 548 g/mol. The molecule has 0 bridgehead atoms. The second-order valence-corrected chi connectivity index (χ2v) is 16.2. The van der Waals surface area contributed by atoms with Crippen LogP contribution in [-0.4, -0.2) is 46.2 Å². The Kier molecular flexibility index (Phi) is 8.72. The van der Waals surface area contributed by atoms with Crippen LogP contribution in [0.5, 0.6) is 0 Å². The van der Waals surface area contributed by atoms with Gasteiger partial charge in [-0.3, -0.25) is 9.59 Å². The highest BCUT2D eigenvalue weighted by molar-refractivity contribution is 6.76. The summed E-state index contributed by atoms with van der Waals surface area (Å²) in [6.07, 6.45) is 2.97. The number of nitrogens with two attached hydrogens (primary N) is 1. The molecule has 4 rings (SSSR count). The van der Waals surface area contributed by atoms with E-state index in [9.17, 15) is 14.0 Å². The van der Waals surface area contributed by atoms with Gasteiger partial charge in [-0.15, -0.1) is 0 Å². The van der Waals surface area contributed by atoms with Crippen molar-refractivity contribution in [1.82, 2.24) is 19.7 Å². The summed E-state index contributed by atoms with van der Waals surface area (Å²) in [5.74, 6) is -1.71. The first-order valence-electron chi connectivity index (χ1n) is 12.7. The van der Waals surface area contributed by atoms with E-state index in [1.165, 1.54) is 23.2 Å². The fourth-order valence-corrected chi connectivity index (χ4v) is 4.73. The predicted octanol–water partition coefficient (Wildman–Crippen LogP) is 4.63. The lowest BCUT2D eigenvalue weighted by Crippen LogP contribution is -2.39. The molecule has 0 aliphatic carbocycles. The molecule has 0 aliphatic rings. The van der Waals surface area contributed by atoms with Gasteiger partial charge in [0.05, 0.1) is 29.0 Å². The second-order valence-electron chi connectivity index (χ2n) is 10.5. The molecule has 39 heavy (non-hydrogen) atoms. The number of amides is 2. The zero-order chi connectivity index (χ0) is 28.0. The van der Waals surface area contributed by atoms with E-state index in [4.69, 9.17) is 10.5 Å². The largest absolute Gasteiger partial charge is 0.383 e. The van der Waals surface area contributed by atoms with Crippen LogP contribution in [0.15, 0.2) is 67.0 Å². The van der Waals surface area contributed by atoms with Crippen LogP contribution in [0.3, 0.4) is 0 Å². The van der Waals surface area contributed by atoms with Gasteiger partial charge in [-0.2, -0.15) is 5.10 Å². The highest BCUT2D eigenvalue weighted by atomic mass is 28.3. The van der Waals surface area contributed by atoms with E-state index in [2.05, 4.69) is 35.0 Å². The summed E-state index contributed by atoms with van der Waals surface area (Å²) in [5.41, 5.74) is 8.42. The number of hydrogen-bond acceptors (Lipinski definition) is 6. The summed E-state index contributed by atoms with van der Waals surface area (Å²) in [6, 6.07) is 16.2. The molecule has 4 aromatic rings. The first kappa shape index (κ1) is 27.9. The summed E-state index contributed by atoms with van der Waals surface area (Å²) in [4.78, 5) is 32.2. The van der Waals surface area contributed by atoms with Gasteiger partial charge in [0, 0.05) is 27.8 Å². The van der Waals surface area contributed by atoms with Gasteiger partial charge in [-0.25, -0.2) is 14.1 Å². The minimum Gasteiger partial charge on any atom is -0.383 e. The topological polar surface area (TPSA) is 115 Å². The number of carbonyl (C=O) groups excluding carboxylic acids is 2. The Labute approximate surface area is 227 Å². The van der Waals surface area contributed by atoms with Gasteiger partial charge in [0.15, 0.2) is 0 Å². The number of nitrogens with one attached hydrogen (secondary N) is 1. The van der Waals surface area contributed by atoms with E-state index in [1.807, 2.05) is 30.3 Å². The van der Waals surface area contributed by atoms with Crippen molar-refractivity contribution in [2.45, 2.75) is 45.5 Å². The molecular weight excluding hydrogens is 515 g/mol.